The van der Waals surface area contributed by atoms with Crippen molar-refractivity contribution in [2.45, 2.75) is 25.5 Å². The molecule has 0 unspecified atom stereocenters. The van der Waals surface area contributed by atoms with Crippen molar-refractivity contribution in [1.82, 2.24) is 20.3 Å². The average molecular weight is 487 g/mol. The van der Waals surface area contributed by atoms with Gasteiger partial charge in [0.15, 0.2) is 5.65 Å². The van der Waals surface area contributed by atoms with Crippen LogP contribution in [0.1, 0.15) is 12.0 Å². The summed E-state index contributed by atoms with van der Waals surface area (Å²) in [6.07, 6.45) is 6.57. The lowest BCUT2D eigenvalue weighted by molar-refractivity contribution is -0.00896. The van der Waals surface area contributed by atoms with Crippen LogP contribution in [0.15, 0.2) is 55.0 Å². The van der Waals surface area contributed by atoms with Crippen LogP contribution in [0.5, 0.6) is 0 Å². The molecule has 4 aromatic rings. The van der Waals surface area contributed by atoms with Crippen molar-refractivity contribution in [3.8, 4) is 22.3 Å². The minimum Gasteiger partial charge on any atom is -0.383 e. The van der Waals surface area contributed by atoms with Gasteiger partial charge in [-0.25, -0.2) is 15.0 Å². The van der Waals surface area contributed by atoms with E-state index in [0.717, 1.165) is 71.6 Å². The fourth-order valence-corrected chi connectivity index (χ4v) is 5.59. The fourth-order valence-electron chi connectivity index (χ4n) is 5.30. The fraction of sp³-hybridized carbons (Fsp3) is 0.296. The van der Waals surface area contributed by atoms with Crippen molar-refractivity contribution in [2.24, 2.45) is 0 Å². The van der Waals surface area contributed by atoms with Crippen LogP contribution >= 0.6 is 11.6 Å². The second-order valence-corrected chi connectivity index (χ2v) is 9.71. The molecular weight excluding hydrogens is 460 g/mol. The lowest BCUT2D eigenvalue weighted by Gasteiger charge is -2.43. The Kier molecular flexibility index (Phi) is 5.76. The highest BCUT2D eigenvalue weighted by Crippen LogP contribution is 2.40. The Hall–Kier alpha value is -3.26. The number of anilines is 2. The van der Waals surface area contributed by atoms with Crippen LogP contribution in [0.3, 0.4) is 0 Å². The Balaban J connectivity index is 1.55. The molecule has 3 aromatic heterocycles. The number of hydrogen-bond donors (Lipinski definition) is 2. The molecule has 35 heavy (non-hydrogen) atoms. The molecule has 0 aliphatic carbocycles. The van der Waals surface area contributed by atoms with Crippen molar-refractivity contribution in [3.05, 3.63) is 65.6 Å². The number of halogens is 1. The molecule has 8 heteroatoms. The third-order valence-electron chi connectivity index (χ3n) is 6.91. The van der Waals surface area contributed by atoms with E-state index in [4.69, 9.17) is 32.0 Å². The maximum atomic E-state index is 6.47. The normalized spacial score (nSPS) is 20.1. The largest absolute Gasteiger partial charge is 0.383 e. The number of nitrogen functional groups attached to an aromatic ring is 1. The zero-order chi connectivity index (χ0) is 23.9. The van der Waals surface area contributed by atoms with Crippen molar-refractivity contribution in [2.75, 3.05) is 36.9 Å². The number of aryl methyl sites for hydroxylation is 1. The van der Waals surface area contributed by atoms with E-state index < -0.39 is 0 Å². The zero-order valence-corrected chi connectivity index (χ0v) is 20.3. The molecule has 0 saturated carbocycles. The molecule has 0 amide bonds. The summed E-state index contributed by atoms with van der Waals surface area (Å²) in [5, 5.41) is 5.30. The quantitative estimate of drug-likeness (QED) is 0.441. The number of pyridine rings is 3. The van der Waals surface area contributed by atoms with Gasteiger partial charge in [0.25, 0.3) is 0 Å². The van der Waals surface area contributed by atoms with Gasteiger partial charge in [0.2, 0.25) is 0 Å². The lowest BCUT2D eigenvalue weighted by Crippen LogP contribution is -2.57. The minimum atomic E-state index is 0.139. The summed E-state index contributed by atoms with van der Waals surface area (Å²) in [6.45, 7) is 5.40. The minimum absolute atomic E-state index is 0.139. The second-order valence-electron chi connectivity index (χ2n) is 9.27. The Morgan fingerprint density at radius 1 is 1.09 bits per heavy atom. The maximum absolute atomic E-state index is 6.47. The van der Waals surface area contributed by atoms with Gasteiger partial charge >= 0.3 is 0 Å². The summed E-state index contributed by atoms with van der Waals surface area (Å²) in [6, 6.07) is 12.5. The van der Waals surface area contributed by atoms with E-state index in [-0.39, 0.29) is 6.10 Å². The molecule has 0 bridgehead atoms. The number of benzene rings is 1. The topological polar surface area (TPSA) is 89.2 Å². The summed E-state index contributed by atoms with van der Waals surface area (Å²) in [7, 11) is 0. The van der Waals surface area contributed by atoms with Crippen LogP contribution in [0.2, 0.25) is 5.02 Å². The molecule has 3 N–H and O–H groups in total. The molecule has 0 radical (unpaired) electrons. The number of fused-ring (bicyclic) bond motifs is 2. The number of nitrogens with zero attached hydrogens (tertiary/aromatic N) is 4. The zero-order valence-electron chi connectivity index (χ0n) is 19.5. The van der Waals surface area contributed by atoms with Crippen molar-refractivity contribution in [1.29, 1.82) is 0 Å². The first-order chi connectivity index (χ1) is 17.1. The van der Waals surface area contributed by atoms with Crippen molar-refractivity contribution >= 4 is 34.1 Å². The number of morpholine rings is 1. The first kappa shape index (κ1) is 22.2. The monoisotopic (exact) mass is 486 g/mol. The molecule has 6 rings (SSSR count). The van der Waals surface area contributed by atoms with Gasteiger partial charge in [0.05, 0.1) is 18.4 Å². The van der Waals surface area contributed by atoms with E-state index in [9.17, 15) is 0 Å². The Labute approximate surface area is 209 Å². The highest BCUT2D eigenvalue weighted by Gasteiger charge is 2.33. The van der Waals surface area contributed by atoms with Crippen LogP contribution in [0.4, 0.5) is 11.5 Å². The van der Waals surface area contributed by atoms with Crippen LogP contribution < -0.4 is 16.0 Å². The van der Waals surface area contributed by atoms with E-state index in [1.807, 2.05) is 36.7 Å². The van der Waals surface area contributed by atoms with Gasteiger partial charge in [-0.05, 0) is 54.8 Å². The molecule has 2 atom stereocenters. The Bertz CT molecular complexity index is 1390. The average Bonchev–Trinajstić information content (AvgIpc) is 2.87. The summed E-state index contributed by atoms with van der Waals surface area (Å²) >= 11 is 6.47. The van der Waals surface area contributed by atoms with Crippen molar-refractivity contribution < 1.29 is 4.74 Å². The summed E-state index contributed by atoms with van der Waals surface area (Å²) in [4.78, 5) is 16.1. The summed E-state index contributed by atoms with van der Waals surface area (Å²) in [5.41, 5.74) is 12.9. The van der Waals surface area contributed by atoms with Gasteiger partial charge in [0, 0.05) is 71.4 Å². The number of piperidine rings is 1. The molecule has 7 nitrogen and oxygen atoms in total. The van der Waals surface area contributed by atoms with E-state index >= 15 is 0 Å². The van der Waals surface area contributed by atoms with Crippen LogP contribution in [-0.2, 0) is 4.74 Å². The van der Waals surface area contributed by atoms with Gasteiger partial charge in [-0.2, -0.15) is 0 Å². The Morgan fingerprint density at radius 3 is 2.83 bits per heavy atom. The first-order valence-corrected chi connectivity index (χ1v) is 12.3. The first-order valence-electron chi connectivity index (χ1n) is 11.9. The number of aromatic nitrogens is 3. The predicted molar refractivity (Wildman–Crippen MR) is 141 cm³/mol. The number of nitrogens with one attached hydrogen (secondary N) is 1. The van der Waals surface area contributed by atoms with Gasteiger partial charge in [-0.15, -0.1) is 0 Å². The predicted octanol–water partition coefficient (Wildman–Crippen LogP) is 4.47. The smallest absolute Gasteiger partial charge is 0.161 e. The van der Waals surface area contributed by atoms with Gasteiger partial charge < -0.3 is 20.7 Å². The number of ether oxygens (including phenoxy) is 1. The third kappa shape index (κ3) is 4.20. The summed E-state index contributed by atoms with van der Waals surface area (Å²) in [5.74, 6) is 0.479. The van der Waals surface area contributed by atoms with Crippen molar-refractivity contribution in [3.63, 3.8) is 0 Å². The van der Waals surface area contributed by atoms with E-state index in [0.29, 0.717) is 22.5 Å². The molecule has 2 saturated heterocycles. The number of rotatable bonds is 3. The number of nitrogens with two attached hydrogens (primary N) is 1. The maximum Gasteiger partial charge on any atom is 0.161 e. The second kappa shape index (κ2) is 9.07. The molecule has 0 spiro atoms. The Morgan fingerprint density at radius 2 is 1.97 bits per heavy atom. The van der Waals surface area contributed by atoms with Crippen LogP contribution in [0.25, 0.3) is 33.3 Å². The molecule has 178 valence electrons. The lowest BCUT2D eigenvalue weighted by atomic mass is 9.95. The van der Waals surface area contributed by atoms with E-state index in [1.165, 1.54) is 0 Å². The van der Waals surface area contributed by atoms with Gasteiger partial charge in [0.1, 0.15) is 5.82 Å². The van der Waals surface area contributed by atoms with E-state index in [1.54, 1.807) is 6.20 Å². The van der Waals surface area contributed by atoms with Crippen LogP contribution in [0, 0.1) is 6.92 Å². The molecule has 1 aromatic carbocycles. The molecular formula is C27H27ClN6O. The van der Waals surface area contributed by atoms with Crippen LogP contribution in [-0.4, -0.2) is 53.3 Å². The summed E-state index contributed by atoms with van der Waals surface area (Å²) < 4.78 is 6.16. The van der Waals surface area contributed by atoms with Gasteiger partial charge in [-0.1, -0.05) is 17.7 Å². The van der Waals surface area contributed by atoms with E-state index in [2.05, 4.69) is 34.3 Å². The molecule has 2 fully saturated rings. The molecule has 2 aliphatic rings. The SMILES string of the molecule is Cc1cc(Cl)cc(-c2cnc3ncc(-c4cccnc4N)cc3c2N2CC[C@@H]3NCCO[C@H]3C2)c1. The third-order valence-corrected chi connectivity index (χ3v) is 7.13. The highest BCUT2D eigenvalue weighted by molar-refractivity contribution is 6.31. The molecule has 5 heterocycles. The molecule has 2 aliphatic heterocycles. The van der Waals surface area contributed by atoms with Gasteiger partial charge in [-0.3, -0.25) is 0 Å². The number of hydrogen-bond acceptors (Lipinski definition) is 7. The highest BCUT2D eigenvalue weighted by atomic mass is 35.5. The standard InChI is InChI=1S/C27H27ClN6O/c1-16-9-17(11-19(28)10-16)22-14-33-27-21(12-18(13-32-27)20-3-2-5-31-26(20)29)25(22)34-7-4-23-24(15-34)35-8-6-30-23/h2-3,5,9-14,23-24,30H,4,6-8,15H2,1H3,(H2,29,31)/t23-,24-/m0/s1.